The number of para-hydroxylation sites is 2. The maximum absolute atomic E-state index is 13.7. The van der Waals surface area contributed by atoms with Crippen molar-refractivity contribution in [1.29, 1.82) is 0 Å². The second kappa shape index (κ2) is 15.2. The lowest BCUT2D eigenvalue weighted by Gasteiger charge is -2.30. The summed E-state index contributed by atoms with van der Waals surface area (Å²) in [5, 5.41) is 0. The van der Waals surface area contributed by atoms with Crippen molar-refractivity contribution in [3.63, 3.8) is 0 Å². The second-order valence-electron chi connectivity index (χ2n) is 11.3. The zero-order valence-electron chi connectivity index (χ0n) is 28.4. The van der Waals surface area contributed by atoms with E-state index in [0.717, 1.165) is 39.8 Å². The molecular formula is C37H43BrN6O3. The second-order valence-corrected chi connectivity index (χ2v) is 12.2. The largest absolute Gasteiger partial charge is 0.328 e. The fourth-order valence-electron chi connectivity index (χ4n) is 5.51. The molecular weight excluding hydrogens is 656 g/mol. The zero-order chi connectivity index (χ0) is 34.4. The molecule has 0 heterocycles. The number of aryl methyl sites for hydroxylation is 2. The molecule has 0 unspecified atom stereocenters. The average molecular weight is 700 g/mol. The van der Waals surface area contributed by atoms with Crippen LogP contribution in [0.5, 0.6) is 0 Å². The van der Waals surface area contributed by atoms with E-state index in [1.54, 1.807) is 68.0 Å². The van der Waals surface area contributed by atoms with Gasteiger partial charge in [-0.15, -0.1) is 0 Å². The van der Waals surface area contributed by atoms with Gasteiger partial charge in [-0.1, -0.05) is 56.3 Å². The Balaban J connectivity index is 1.51. The van der Waals surface area contributed by atoms with Crippen LogP contribution in [0.2, 0.25) is 0 Å². The quantitative estimate of drug-likeness (QED) is 0.185. The lowest BCUT2D eigenvalue weighted by molar-refractivity contribution is 0.253. The minimum Gasteiger partial charge on any atom is -0.297 e. The molecule has 47 heavy (non-hydrogen) atoms. The number of amides is 6. The Bertz CT molecular complexity index is 1740. The van der Waals surface area contributed by atoms with Crippen LogP contribution in [0.15, 0.2) is 95.5 Å². The SMILES string of the molecule is CCc1cccc(CC)c1N(C)C(=O)N(C)c1cccc(N(C)C(=O)N(C)c2cccc(N(C)C(=O)N(C)c3ccccc3Br)c2)c1. The van der Waals surface area contributed by atoms with Gasteiger partial charge in [0.15, 0.2) is 0 Å². The molecule has 0 saturated heterocycles. The number of carbonyl (C=O) groups is 3. The molecule has 6 amide bonds. The lowest BCUT2D eigenvalue weighted by atomic mass is 10.0. The predicted octanol–water partition coefficient (Wildman–Crippen LogP) is 8.65. The van der Waals surface area contributed by atoms with E-state index in [1.165, 1.54) is 9.80 Å². The molecule has 10 heteroatoms. The Morgan fingerprint density at radius 1 is 0.489 bits per heavy atom. The van der Waals surface area contributed by atoms with Crippen LogP contribution in [0, 0.1) is 0 Å². The summed E-state index contributed by atoms with van der Waals surface area (Å²) in [7, 11) is 10.4. The molecule has 4 rings (SSSR count). The molecule has 9 nitrogen and oxygen atoms in total. The highest BCUT2D eigenvalue weighted by Gasteiger charge is 2.24. The van der Waals surface area contributed by atoms with Crippen molar-refractivity contribution in [3.05, 3.63) is 107 Å². The number of rotatable bonds is 8. The number of hydrogen-bond donors (Lipinski definition) is 0. The van der Waals surface area contributed by atoms with Crippen LogP contribution in [0.1, 0.15) is 25.0 Å². The summed E-state index contributed by atoms with van der Waals surface area (Å²) >= 11 is 3.51. The monoisotopic (exact) mass is 698 g/mol. The van der Waals surface area contributed by atoms with Crippen LogP contribution in [-0.2, 0) is 12.8 Å². The summed E-state index contributed by atoms with van der Waals surface area (Å²) in [5.41, 5.74) is 6.46. The third-order valence-corrected chi connectivity index (χ3v) is 9.11. The number of carbonyl (C=O) groups excluding carboxylic acids is 3. The van der Waals surface area contributed by atoms with Gasteiger partial charge in [0.05, 0.1) is 11.4 Å². The first kappa shape index (κ1) is 35.0. The molecule has 0 fully saturated rings. The van der Waals surface area contributed by atoms with Gasteiger partial charge in [-0.25, -0.2) is 14.4 Å². The van der Waals surface area contributed by atoms with Crippen LogP contribution in [0.4, 0.5) is 48.5 Å². The first-order valence-corrected chi connectivity index (χ1v) is 16.3. The van der Waals surface area contributed by atoms with E-state index < -0.39 is 0 Å². The fraction of sp³-hybridized carbons (Fsp3) is 0.270. The molecule has 0 saturated carbocycles. The summed E-state index contributed by atoms with van der Waals surface area (Å²) in [4.78, 5) is 50.2. The Hall–Kier alpha value is -4.83. The minimum absolute atomic E-state index is 0.176. The van der Waals surface area contributed by atoms with E-state index in [2.05, 4.69) is 41.9 Å². The van der Waals surface area contributed by atoms with Crippen LogP contribution in [-0.4, -0.2) is 60.4 Å². The Morgan fingerprint density at radius 2 is 0.851 bits per heavy atom. The van der Waals surface area contributed by atoms with Gasteiger partial charge in [0, 0.05) is 69.5 Å². The Morgan fingerprint density at radius 3 is 1.26 bits per heavy atom. The van der Waals surface area contributed by atoms with E-state index in [4.69, 9.17) is 0 Å². The van der Waals surface area contributed by atoms with E-state index in [-0.39, 0.29) is 18.1 Å². The molecule has 4 aromatic carbocycles. The summed E-state index contributed by atoms with van der Waals surface area (Å²) in [5.74, 6) is 0. The number of urea groups is 3. The summed E-state index contributed by atoms with van der Waals surface area (Å²) in [6.07, 6.45) is 1.64. The van der Waals surface area contributed by atoms with Crippen molar-refractivity contribution < 1.29 is 14.4 Å². The molecule has 0 aliphatic rings. The highest BCUT2D eigenvalue weighted by molar-refractivity contribution is 9.10. The number of halogens is 1. The van der Waals surface area contributed by atoms with Gasteiger partial charge in [-0.3, -0.25) is 29.4 Å². The van der Waals surface area contributed by atoms with Crippen molar-refractivity contribution >= 4 is 68.1 Å². The molecule has 0 aliphatic carbocycles. The normalized spacial score (nSPS) is 10.7. The standard InChI is InChI=1S/C37H43BrN6O3/c1-9-26-16-13-17-27(10-2)34(26)44(8)37(47)42(6)31-21-15-19-29(25-31)40(4)35(45)39(3)28-18-14-20-30(24-28)41(5)36(46)43(7)33-23-12-11-22-32(33)38/h11-25H,9-10H2,1-8H3. The number of nitrogens with zero attached hydrogens (tertiary/aromatic N) is 6. The molecule has 0 atom stereocenters. The van der Waals surface area contributed by atoms with Crippen molar-refractivity contribution in [3.8, 4) is 0 Å². The topological polar surface area (TPSA) is 70.7 Å². The van der Waals surface area contributed by atoms with Crippen molar-refractivity contribution in [2.24, 2.45) is 0 Å². The van der Waals surface area contributed by atoms with Crippen LogP contribution < -0.4 is 29.4 Å². The smallest absolute Gasteiger partial charge is 0.297 e. The van der Waals surface area contributed by atoms with Crippen molar-refractivity contribution in [2.75, 3.05) is 71.7 Å². The highest BCUT2D eigenvalue weighted by atomic mass is 79.9. The van der Waals surface area contributed by atoms with Gasteiger partial charge < -0.3 is 0 Å². The predicted molar refractivity (Wildman–Crippen MR) is 199 cm³/mol. The van der Waals surface area contributed by atoms with E-state index in [1.807, 2.05) is 72.8 Å². The van der Waals surface area contributed by atoms with Gasteiger partial charge in [0.1, 0.15) is 0 Å². The van der Waals surface area contributed by atoms with Gasteiger partial charge >= 0.3 is 18.1 Å². The summed E-state index contributed by atoms with van der Waals surface area (Å²) in [6.45, 7) is 4.18. The van der Waals surface area contributed by atoms with E-state index in [9.17, 15) is 14.4 Å². The van der Waals surface area contributed by atoms with E-state index >= 15 is 0 Å². The molecule has 0 bridgehead atoms. The minimum atomic E-state index is -0.283. The van der Waals surface area contributed by atoms with Crippen LogP contribution >= 0.6 is 15.9 Å². The molecule has 4 aromatic rings. The Labute approximate surface area is 286 Å². The van der Waals surface area contributed by atoms with E-state index in [0.29, 0.717) is 22.7 Å². The first-order valence-electron chi connectivity index (χ1n) is 15.5. The zero-order valence-corrected chi connectivity index (χ0v) is 29.9. The number of benzene rings is 4. The maximum Gasteiger partial charge on any atom is 0.328 e. The van der Waals surface area contributed by atoms with Crippen molar-refractivity contribution in [1.82, 2.24) is 0 Å². The number of hydrogen-bond acceptors (Lipinski definition) is 3. The molecule has 0 aliphatic heterocycles. The fourth-order valence-corrected chi connectivity index (χ4v) is 6.06. The summed E-state index contributed by atoms with van der Waals surface area (Å²) in [6, 6.07) is 27.6. The summed E-state index contributed by atoms with van der Waals surface area (Å²) < 4.78 is 0.811. The van der Waals surface area contributed by atoms with Gasteiger partial charge in [-0.2, -0.15) is 0 Å². The number of anilines is 6. The van der Waals surface area contributed by atoms with Gasteiger partial charge in [0.25, 0.3) is 0 Å². The average Bonchev–Trinajstić information content (AvgIpc) is 3.11. The molecule has 0 spiro atoms. The van der Waals surface area contributed by atoms with Crippen LogP contribution in [0.25, 0.3) is 0 Å². The third kappa shape index (κ3) is 7.44. The molecule has 0 radical (unpaired) electrons. The van der Waals surface area contributed by atoms with Crippen molar-refractivity contribution in [2.45, 2.75) is 26.7 Å². The van der Waals surface area contributed by atoms with Gasteiger partial charge in [0.2, 0.25) is 0 Å². The lowest BCUT2D eigenvalue weighted by Crippen LogP contribution is -2.41. The highest BCUT2D eigenvalue weighted by Crippen LogP contribution is 2.31. The first-order chi connectivity index (χ1) is 22.4. The molecule has 246 valence electrons. The maximum atomic E-state index is 13.7. The third-order valence-electron chi connectivity index (χ3n) is 8.44. The molecule has 0 N–H and O–H groups in total. The molecule has 0 aromatic heterocycles. The Kier molecular flexibility index (Phi) is 11.3. The van der Waals surface area contributed by atoms with Crippen LogP contribution in [0.3, 0.4) is 0 Å². The van der Waals surface area contributed by atoms with Gasteiger partial charge in [-0.05, 0) is 88.4 Å².